The molecule has 1 aliphatic carbocycles. The summed E-state index contributed by atoms with van der Waals surface area (Å²) in [4.78, 5) is 10.5. The molecule has 144 valence electrons. The fourth-order valence-electron chi connectivity index (χ4n) is 3.07. The molecule has 2 aromatic carbocycles. The number of hydrogen-bond acceptors (Lipinski definition) is 3. The second-order valence-corrected chi connectivity index (χ2v) is 7.08. The summed E-state index contributed by atoms with van der Waals surface area (Å²) < 4.78 is 25.6. The number of hydrogen-bond donors (Lipinski definition) is 1. The largest absolute Gasteiger partial charge is 0.493 e. The lowest BCUT2D eigenvalue weighted by Crippen LogP contribution is -2.19. The zero-order valence-electron chi connectivity index (χ0n) is 15.5. The number of ether oxygens (including phenoxy) is 2. The minimum absolute atomic E-state index is 0.00649. The number of carboxylic acid groups (broad SMARTS) is 1. The van der Waals surface area contributed by atoms with Crippen molar-refractivity contribution >= 4 is 5.97 Å². The highest BCUT2D eigenvalue weighted by atomic mass is 19.1. The summed E-state index contributed by atoms with van der Waals surface area (Å²) in [7, 11) is 0. The number of carboxylic acids is 1. The maximum absolute atomic E-state index is 14.4. The van der Waals surface area contributed by atoms with E-state index < -0.39 is 11.8 Å². The van der Waals surface area contributed by atoms with Crippen LogP contribution in [0.1, 0.15) is 37.7 Å². The average molecular weight is 372 g/mol. The molecule has 1 fully saturated rings. The Morgan fingerprint density at radius 2 is 2.00 bits per heavy atom. The van der Waals surface area contributed by atoms with Gasteiger partial charge in [0.15, 0.2) is 11.6 Å². The number of benzene rings is 2. The van der Waals surface area contributed by atoms with Crippen LogP contribution in [0.25, 0.3) is 11.1 Å². The van der Waals surface area contributed by atoms with Crippen molar-refractivity contribution in [3.63, 3.8) is 0 Å². The molecule has 27 heavy (non-hydrogen) atoms. The van der Waals surface area contributed by atoms with Gasteiger partial charge in [-0.1, -0.05) is 18.6 Å². The van der Waals surface area contributed by atoms with Crippen LogP contribution < -0.4 is 9.47 Å². The normalized spacial score (nSPS) is 13.9. The van der Waals surface area contributed by atoms with E-state index in [1.807, 2.05) is 31.2 Å². The summed E-state index contributed by atoms with van der Waals surface area (Å²) in [5.74, 6) is 0.258. The van der Waals surface area contributed by atoms with Crippen molar-refractivity contribution in [3.8, 4) is 22.6 Å². The minimum atomic E-state index is -0.885. The van der Waals surface area contributed by atoms with E-state index in [4.69, 9.17) is 14.6 Å². The minimum Gasteiger partial charge on any atom is -0.493 e. The highest BCUT2D eigenvalue weighted by Gasteiger charge is 2.18. The van der Waals surface area contributed by atoms with Gasteiger partial charge in [0.25, 0.3) is 0 Å². The van der Waals surface area contributed by atoms with Gasteiger partial charge in [-0.05, 0) is 73.1 Å². The molecular formula is C22H25FO4. The zero-order valence-corrected chi connectivity index (χ0v) is 15.5. The van der Waals surface area contributed by atoms with Crippen LogP contribution in [0.3, 0.4) is 0 Å². The van der Waals surface area contributed by atoms with E-state index in [1.54, 1.807) is 6.07 Å². The molecule has 0 spiro atoms. The molecular weight excluding hydrogens is 347 g/mol. The maximum Gasteiger partial charge on any atom is 0.303 e. The third-order valence-corrected chi connectivity index (χ3v) is 4.95. The van der Waals surface area contributed by atoms with Crippen LogP contribution in [0.5, 0.6) is 11.5 Å². The standard InChI is InChI=1S/C22H25FO4/c1-15-7-9-18(27-14-16-4-2-5-16)13-19(15)17-8-10-21(20(23)12-17)26-11-3-6-22(24)25/h7-10,12-13,16H,2-6,11,14H2,1H3,(H,24,25). The van der Waals surface area contributed by atoms with Crippen molar-refractivity contribution in [1.29, 1.82) is 0 Å². The quantitative estimate of drug-likeness (QED) is 0.613. The molecule has 0 heterocycles. The molecule has 3 rings (SSSR count). The lowest BCUT2D eigenvalue weighted by atomic mass is 9.86. The monoisotopic (exact) mass is 372 g/mol. The first-order chi connectivity index (χ1) is 13.0. The van der Waals surface area contributed by atoms with E-state index in [2.05, 4.69) is 0 Å². The molecule has 0 aliphatic heterocycles. The molecule has 0 aromatic heterocycles. The van der Waals surface area contributed by atoms with Gasteiger partial charge < -0.3 is 14.6 Å². The van der Waals surface area contributed by atoms with Crippen molar-refractivity contribution in [3.05, 3.63) is 47.8 Å². The molecule has 0 atom stereocenters. The Kier molecular flexibility index (Phi) is 6.32. The van der Waals surface area contributed by atoms with Crippen LogP contribution in [-0.2, 0) is 4.79 Å². The molecule has 2 aromatic rings. The molecule has 0 amide bonds. The first-order valence-electron chi connectivity index (χ1n) is 9.41. The van der Waals surface area contributed by atoms with Gasteiger partial charge in [0.2, 0.25) is 0 Å². The predicted octanol–water partition coefficient (Wildman–Crippen LogP) is 5.22. The van der Waals surface area contributed by atoms with E-state index >= 15 is 0 Å². The van der Waals surface area contributed by atoms with E-state index in [-0.39, 0.29) is 18.8 Å². The number of aliphatic carboxylic acids is 1. The van der Waals surface area contributed by atoms with Gasteiger partial charge in [-0.3, -0.25) is 4.79 Å². The van der Waals surface area contributed by atoms with Gasteiger partial charge in [0, 0.05) is 6.42 Å². The van der Waals surface area contributed by atoms with E-state index in [0.717, 1.165) is 29.0 Å². The van der Waals surface area contributed by atoms with Crippen molar-refractivity contribution < 1.29 is 23.8 Å². The first kappa shape index (κ1) is 19.2. The van der Waals surface area contributed by atoms with Crippen molar-refractivity contribution in [2.45, 2.75) is 39.0 Å². The Morgan fingerprint density at radius 3 is 2.67 bits per heavy atom. The lowest BCUT2D eigenvalue weighted by Gasteiger charge is -2.25. The molecule has 5 heteroatoms. The smallest absolute Gasteiger partial charge is 0.303 e. The second-order valence-electron chi connectivity index (χ2n) is 7.08. The van der Waals surface area contributed by atoms with Crippen LogP contribution in [0.15, 0.2) is 36.4 Å². The van der Waals surface area contributed by atoms with Crippen LogP contribution in [-0.4, -0.2) is 24.3 Å². The summed E-state index contributed by atoms with van der Waals surface area (Å²) in [6, 6.07) is 10.7. The molecule has 0 radical (unpaired) electrons. The van der Waals surface area contributed by atoms with Crippen molar-refractivity contribution in [2.75, 3.05) is 13.2 Å². The predicted molar refractivity (Wildman–Crippen MR) is 102 cm³/mol. The van der Waals surface area contributed by atoms with E-state index in [0.29, 0.717) is 12.3 Å². The summed E-state index contributed by atoms with van der Waals surface area (Å²) in [5.41, 5.74) is 2.73. The van der Waals surface area contributed by atoms with Gasteiger partial charge in [0.1, 0.15) is 5.75 Å². The highest BCUT2D eigenvalue weighted by Crippen LogP contribution is 2.32. The molecule has 1 saturated carbocycles. The van der Waals surface area contributed by atoms with E-state index in [1.165, 1.54) is 25.3 Å². The average Bonchev–Trinajstić information content (AvgIpc) is 2.59. The molecule has 1 N–H and O–H groups in total. The maximum atomic E-state index is 14.4. The van der Waals surface area contributed by atoms with Gasteiger partial charge >= 0.3 is 5.97 Å². The molecule has 0 unspecified atom stereocenters. The Labute approximate surface area is 158 Å². The summed E-state index contributed by atoms with van der Waals surface area (Å²) in [6.45, 7) is 2.89. The summed E-state index contributed by atoms with van der Waals surface area (Å²) in [6.07, 6.45) is 4.11. The SMILES string of the molecule is Cc1ccc(OCC2CCC2)cc1-c1ccc(OCCCC(=O)O)c(F)c1. The highest BCUT2D eigenvalue weighted by molar-refractivity contribution is 5.69. The number of rotatable bonds is 9. The van der Waals surface area contributed by atoms with Gasteiger partial charge in [-0.15, -0.1) is 0 Å². The Bertz CT molecular complexity index is 799. The molecule has 1 aliphatic rings. The lowest BCUT2D eigenvalue weighted by molar-refractivity contribution is -0.137. The van der Waals surface area contributed by atoms with Crippen molar-refractivity contribution in [1.82, 2.24) is 0 Å². The fraction of sp³-hybridized carbons (Fsp3) is 0.409. The zero-order chi connectivity index (χ0) is 19.2. The van der Waals surface area contributed by atoms with Crippen LogP contribution in [0.4, 0.5) is 4.39 Å². The molecule has 0 saturated heterocycles. The first-order valence-corrected chi connectivity index (χ1v) is 9.41. The summed E-state index contributed by atoms with van der Waals surface area (Å²) in [5, 5.41) is 8.62. The Balaban J connectivity index is 1.67. The van der Waals surface area contributed by atoms with Crippen LogP contribution >= 0.6 is 0 Å². The van der Waals surface area contributed by atoms with E-state index in [9.17, 15) is 9.18 Å². The third-order valence-electron chi connectivity index (χ3n) is 4.95. The van der Waals surface area contributed by atoms with Gasteiger partial charge in [-0.25, -0.2) is 4.39 Å². The van der Waals surface area contributed by atoms with Gasteiger partial charge in [0.05, 0.1) is 13.2 Å². The number of carbonyl (C=O) groups is 1. The third kappa shape index (κ3) is 5.22. The van der Waals surface area contributed by atoms with Gasteiger partial charge in [-0.2, -0.15) is 0 Å². The summed E-state index contributed by atoms with van der Waals surface area (Å²) >= 11 is 0. The second kappa shape index (κ2) is 8.89. The number of aryl methyl sites for hydroxylation is 1. The fourth-order valence-corrected chi connectivity index (χ4v) is 3.07. The Morgan fingerprint density at radius 1 is 1.19 bits per heavy atom. The molecule has 0 bridgehead atoms. The molecule has 4 nitrogen and oxygen atoms in total. The van der Waals surface area contributed by atoms with Crippen LogP contribution in [0, 0.1) is 18.7 Å². The Hall–Kier alpha value is -2.56. The van der Waals surface area contributed by atoms with Crippen molar-refractivity contribution in [2.24, 2.45) is 5.92 Å². The van der Waals surface area contributed by atoms with Crippen LogP contribution in [0.2, 0.25) is 0 Å². The number of halogens is 1. The topological polar surface area (TPSA) is 55.8 Å².